The van der Waals surface area contributed by atoms with Crippen LogP contribution >= 0.6 is 11.3 Å². The lowest BCUT2D eigenvalue weighted by atomic mass is 10.1. The van der Waals surface area contributed by atoms with E-state index < -0.39 is 0 Å². The van der Waals surface area contributed by atoms with Crippen molar-refractivity contribution in [3.63, 3.8) is 0 Å². The molecule has 0 aliphatic carbocycles. The minimum Gasteiger partial charge on any atom is -0.326 e. The van der Waals surface area contributed by atoms with Gasteiger partial charge in [-0.05, 0) is 62.8 Å². The largest absolute Gasteiger partial charge is 0.326 e. The van der Waals surface area contributed by atoms with Crippen LogP contribution in [0.5, 0.6) is 0 Å². The van der Waals surface area contributed by atoms with Gasteiger partial charge in [-0.25, -0.2) is 0 Å². The second-order valence-corrected chi connectivity index (χ2v) is 7.64. The first-order valence-electron chi connectivity index (χ1n) is 9.03. The molecule has 2 nitrogen and oxygen atoms in total. The zero-order chi connectivity index (χ0) is 17.6. The van der Waals surface area contributed by atoms with Crippen LogP contribution < -0.4 is 5.56 Å². The van der Waals surface area contributed by atoms with Crippen molar-refractivity contribution in [3.05, 3.63) is 80.6 Å². The molecule has 0 saturated carbocycles. The number of aromatic amines is 1. The molecule has 0 amide bonds. The average molecular weight is 352 g/mol. The molecule has 0 saturated heterocycles. The van der Waals surface area contributed by atoms with Crippen LogP contribution in [0.2, 0.25) is 0 Å². The van der Waals surface area contributed by atoms with Crippen LogP contribution in [0.25, 0.3) is 10.4 Å². The van der Waals surface area contributed by atoms with Gasteiger partial charge in [0, 0.05) is 26.6 Å². The lowest BCUT2D eigenvalue weighted by Gasteiger charge is -2.05. The van der Waals surface area contributed by atoms with Crippen molar-refractivity contribution in [3.8, 4) is 10.4 Å². The fourth-order valence-electron chi connectivity index (χ4n) is 3.11. The predicted octanol–water partition coefficient (Wildman–Crippen LogP) is 5.54. The molecule has 0 radical (unpaired) electrons. The second kappa shape index (κ2) is 8.30. The molecule has 3 rings (SSSR count). The number of H-pyrrole nitrogens is 1. The van der Waals surface area contributed by atoms with Gasteiger partial charge in [-0.15, -0.1) is 11.3 Å². The maximum Gasteiger partial charge on any atom is 0.251 e. The lowest BCUT2D eigenvalue weighted by Crippen LogP contribution is -2.13. The standard InChI is InChI=1S/C22H25NOS/c1-3-18-15-20(16(2)23-22(18)24)21-14-13-19(25-21)12-8-7-11-17-9-5-4-6-10-17/h4-6,9-10,13-15H,3,7-8,11-12H2,1-2H3,(H,23,24). The summed E-state index contributed by atoms with van der Waals surface area (Å²) in [6.45, 7) is 4.01. The highest BCUT2D eigenvalue weighted by Crippen LogP contribution is 2.30. The van der Waals surface area contributed by atoms with Crippen LogP contribution in [0.3, 0.4) is 0 Å². The van der Waals surface area contributed by atoms with Crippen molar-refractivity contribution in [1.29, 1.82) is 0 Å². The van der Waals surface area contributed by atoms with Gasteiger partial charge in [-0.2, -0.15) is 0 Å². The molecule has 1 aromatic carbocycles. The molecular formula is C22H25NOS. The van der Waals surface area contributed by atoms with E-state index in [-0.39, 0.29) is 5.56 Å². The first kappa shape index (κ1) is 17.7. The Kier molecular flexibility index (Phi) is 5.87. The Morgan fingerprint density at radius 3 is 2.52 bits per heavy atom. The van der Waals surface area contributed by atoms with Crippen molar-refractivity contribution in [2.75, 3.05) is 0 Å². The van der Waals surface area contributed by atoms with E-state index in [0.29, 0.717) is 0 Å². The molecule has 25 heavy (non-hydrogen) atoms. The van der Waals surface area contributed by atoms with Crippen LogP contribution in [0.1, 0.15) is 41.5 Å². The zero-order valence-corrected chi connectivity index (χ0v) is 15.8. The molecule has 0 atom stereocenters. The van der Waals surface area contributed by atoms with Crippen LogP contribution in [0.15, 0.2) is 53.3 Å². The number of aromatic nitrogens is 1. The SMILES string of the molecule is CCc1cc(-c2ccc(CCCCc3ccccc3)s2)c(C)[nH]c1=O. The number of pyridine rings is 1. The van der Waals surface area contributed by atoms with Crippen molar-refractivity contribution in [1.82, 2.24) is 4.98 Å². The summed E-state index contributed by atoms with van der Waals surface area (Å²) in [5.41, 5.74) is 4.45. The third kappa shape index (κ3) is 4.49. The summed E-state index contributed by atoms with van der Waals surface area (Å²) in [4.78, 5) is 17.6. The van der Waals surface area contributed by atoms with Crippen molar-refractivity contribution in [2.24, 2.45) is 0 Å². The number of nitrogens with one attached hydrogen (secondary N) is 1. The van der Waals surface area contributed by atoms with E-state index in [0.717, 1.165) is 36.1 Å². The number of thiophene rings is 1. The summed E-state index contributed by atoms with van der Waals surface area (Å²) >= 11 is 1.85. The highest BCUT2D eigenvalue weighted by atomic mass is 32.1. The van der Waals surface area contributed by atoms with E-state index in [9.17, 15) is 4.79 Å². The number of rotatable bonds is 7. The Bertz CT molecular complexity index is 877. The third-order valence-corrected chi connectivity index (χ3v) is 5.78. The summed E-state index contributed by atoms with van der Waals surface area (Å²) in [6, 6.07) is 17.2. The van der Waals surface area contributed by atoms with Crippen molar-refractivity contribution >= 4 is 11.3 Å². The molecule has 0 bridgehead atoms. The van der Waals surface area contributed by atoms with E-state index in [1.54, 1.807) is 0 Å². The minimum absolute atomic E-state index is 0.0430. The molecule has 2 heterocycles. The molecule has 2 aromatic heterocycles. The third-order valence-electron chi connectivity index (χ3n) is 4.60. The second-order valence-electron chi connectivity index (χ2n) is 6.47. The van der Waals surface area contributed by atoms with Crippen molar-refractivity contribution < 1.29 is 0 Å². The fraction of sp³-hybridized carbons (Fsp3) is 0.318. The van der Waals surface area contributed by atoms with E-state index in [4.69, 9.17) is 0 Å². The topological polar surface area (TPSA) is 32.9 Å². The molecule has 3 aromatic rings. The highest BCUT2D eigenvalue weighted by Gasteiger charge is 2.09. The lowest BCUT2D eigenvalue weighted by molar-refractivity contribution is 0.740. The molecule has 3 heteroatoms. The predicted molar refractivity (Wildman–Crippen MR) is 108 cm³/mol. The number of hydrogen-bond acceptors (Lipinski definition) is 2. The van der Waals surface area contributed by atoms with Crippen LogP contribution in [-0.2, 0) is 19.3 Å². The van der Waals surface area contributed by atoms with Gasteiger partial charge in [0.25, 0.3) is 5.56 Å². The quantitative estimate of drug-likeness (QED) is 0.557. The first-order valence-corrected chi connectivity index (χ1v) is 9.85. The maximum atomic E-state index is 11.9. The number of aryl methyl sites for hydroxylation is 4. The molecule has 0 aliphatic heterocycles. The molecule has 1 N–H and O–H groups in total. The van der Waals surface area contributed by atoms with Gasteiger partial charge in [-0.3, -0.25) is 4.79 Å². The Hall–Kier alpha value is -2.13. The van der Waals surface area contributed by atoms with Gasteiger partial charge in [-0.1, -0.05) is 37.3 Å². The maximum absolute atomic E-state index is 11.9. The van der Waals surface area contributed by atoms with E-state index in [1.165, 1.54) is 28.2 Å². The highest BCUT2D eigenvalue weighted by molar-refractivity contribution is 7.15. The Morgan fingerprint density at radius 2 is 1.76 bits per heavy atom. The van der Waals surface area contributed by atoms with E-state index >= 15 is 0 Å². The molecule has 0 unspecified atom stereocenters. The van der Waals surface area contributed by atoms with Gasteiger partial charge in [0.05, 0.1) is 0 Å². The van der Waals surface area contributed by atoms with Gasteiger partial charge in [0.2, 0.25) is 0 Å². The van der Waals surface area contributed by atoms with E-state index in [2.05, 4.69) is 53.5 Å². The molecule has 130 valence electrons. The normalized spacial score (nSPS) is 11.0. The van der Waals surface area contributed by atoms with Gasteiger partial charge >= 0.3 is 0 Å². The summed E-state index contributed by atoms with van der Waals surface area (Å²) < 4.78 is 0. The van der Waals surface area contributed by atoms with Gasteiger partial charge in [0.1, 0.15) is 0 Å². The smallest absolute Gasteiger partial charge is 0.251 e. The Morgan fingerprint density at radius 1 is 1.00 bits per heavy atom. The molecular weight excluding hydrogens is 326 g/mol. The number of hydrogen-bond donors (Lipinski definition) is 1. The van der Waals surface area contributed by atoms with Crippen molar-refractivity contribution in [2.45, 2.75) is 46.0 Å². The zero-order valence-electron chi connectivity index (χ0n) is 15.0. The fourth-order valence-corrected chi connectivity index (χ4v) is 4.24. The van der Waals surface area contributed by atoms with E-state index in [1.807, 2.05) is 25.2 Å². The summed E-state index contributed by atoms with van der Waals surface area (Å²) in [5.74, 6) is 0. The summed E-state index contributed by atoms with van der Waals surface area (Å²) in [7, 11) is 0. The van der Waals surface area contributed by atoms with Crippen LogP contribution in [0.4, 0.5) is 0 Å². The van der Waals surface area contributed by atoms with Gasteiger partial charge in [0.15, 0.2) is 0 Å². The van der Waals surface area contributed by atoms with Crippen LogP contribution in [-0.4, -0.2) is 4.98 Å². The summed E-state index contributed by atoms with van der Waals surface area (Å²) in [6.07, 6.45) is 5.47. The number of benzene rings is 1. The Labute approximate surface area is 153 Å². The first-order chi connectivity index (χ1) is 12.2. The monoisotopic (exact) mass is 351 g/mol. The minimum atomic E-state index is 0.0430. The average Bonchev–Trinajstić information content (AvgIpc) is 3.08. The molecule has 0 aliphatic rings. The van der Waals surface area contributed by atoms with Gasteiger partial charge < -0.3 is 4.98 Å². The Balaban J connectivity index is 1.62. The number of unbranched alkanes of at least 4 members (excludes halogenated alkanes) is 1. The summed E-state index contributed by atoms with van der Waals surface area (Å²) in [5, 5.41) is 0. The molecule has 0 fully saturated rings. The molecule has 0 spiro atoms. The van der Waals surface area contributed by atoms with Crippen LogP contribution in [0, 0.1) is 6.92 Å².